The van der Waals surface area contributed by atoms with Crippen LogP contribution < -0.4 is 10.5 Å². The molecule has 1 heterocycles. The summed E-state index contributed by atoms with van der Waals surface area (Å²) < 4.78 is 7.06. The Bertz CT molecular complexity index is 536. The largest absolute Gasteiger partial charge is 0.463 e. The predicted molar refractivity (Wildman–Crippen MR) is 59.5 cm³/mol. The molecule has 2 N–H and O–H groups in total. The number of terminal acetylenes is 1. The maximum absolute atomic E-state index is 5.70. The van der Waals surface area contributed by atoms with Crippen LogP contribution in [0.15, 0.2) is 18.2 Å². The smallest absolute Gasteiger partial charge is 0.241 e. The van der Waals surface area contributed by atoms with Crippen LogP contribution in [0, 0.1) is 12.3 Å². The predicted octanol–water partition coefficient (Wildman–Crippen LogP) is 1.17. The third-order valence-electron chi connectivity index (χ3n) is 2.13. The minimum atomic E-state index is 0.209. The number of nitrogens with two attached hydrogens (primary N) is 1. The van der Waals surface area contributed by atoms with Gasteiger partial charge in [0.1, 0.15) is 0 Å². The zero-order chi connectivity index (χ0) is 10.8. The lowest BCUT2D eigenvalue weighted by atomic mass is 10.2. The van der Waals surface area contributed by atoms with Crippen molar-refractivity contribution in [2.24, 2.45) is 7.05 Å². The topological polar surface area (TPSA) is 53.1 Å². The molecule has 0 aliphatic rings. The van der Waals surface area contributed by atoms with Crippen LogP contribution in [0.4, 0.5) is 5.69 Å². The molecule has 0 radical (unpaired) electrons. The van der Waals surface area contributed by atoms with Crippen molar-refractivity contribution in [1.82, 2.24) is 9.78 Å². The molecule has 4 nitrogen and oxygen atoms in total. The van der Waals surface area contributed by atoms with Crippen molar-refractivity contribution in [3.8, 4) is 18.2 Å². The summed E-state index contributed by atoms with van der Waals surface area (Å²) >= 11 is 0. The van der Waals surface area contributed by atoms with Gasteiger partial charge in [0.2, 0.25) is 5.88 Å². The van der Waals surface area contributed by atoms with Gasteiger partial charge in [-0.3, -0.25) is 4.68 Å². The molecule has 4 heteroatoms. The van der Waals surface area contributed by atoms with E-state index in [1.165, 1.54) is 0 Å². The first-order valence-corrected chi connectivity index (χ1v) is 4.51. The van der Waals surface area contributed by atoms with Crippen LogP contribution >= 0.6 is 0 Å². The summed E-state index contributed by atoms with van der Waals surface area (Å²) in [4.78, 5) is 0. The van der Waals surface area contributed by atoms with E-state index in [2.05, 4.69) is 11.0 Å². The number of anilines is 1. The Balaban J connectivity index is 2.55. The fourth-order valence-electron chi connectivity index (χ4n) is 1.47. The maximum Gasteiger partial charge on any atom is 0.241 e. The van der Waals surface area contributed by atoms with Gasteiger partial charge in [0.15, 0.2) is 6.61 Å². The zero-order valence-electron chi connectivity index (χ0n) is 8.40. The Morgan fingerprint density at radius 3 is 3.13 bits per heavy atom. The van der Waals surface area contributed by atoms with Gasteiger partial charge in [0, 0.05) is 12.7 Å². The Morgan fingerprint density at radius 2 is 2.40 bits per heavy atom. The average Bonchev–Trinajstić information content (AvgIpc) is 2.52. The van der Waals surface area contributed by atoms with E-state index >= 15 is 0 Å². The summed E-state index contributed by atoms with van der Waals surface area (Å²) in [5.74, 6) is 2.93. The summed E-state index contributed by atoms with van der Waals surface area (Å²) in [6, 6.07) is 5.56. The Hall–Kier alpha value is -2.15. The first kappa shape index (κ1) is 9.41. The Kier molecular flexibility index (Phi) is 2.22. The molecule has 1 aromatic carbocycles. The maximum atomic E-state index is 5.70. The average molecular weight is 201 g/mol. The van der Waals surface area contributed by atoms with Crippen molar-refractivity contribution in [2.45, 2.75) is 0 Å². The molecule has 0 unspecified atom stereocenters. The number of fused-ring (bicyclic) bond motifs is 1. The number of aromatic nitrogens is 2. The Morgan fingerprint density at radius 1 is 1.60 bits per heavy atom. The molecular formula is C11H11N3O. The van der Waals surface area contributed by atoms with Gasteiger partial charge in [-0.05, 0) is 18.2 Å². The van der Waals surface area contributed by atoms with Crippen LogP contribution in [0.3, 0.4) is 0 Å². The SMILES string of the molecule is C#CCOc1nn(C)c2ccc(N)cc12. The molecule has 0 aliphatic carbocycles. The summed E-state index contributed by atoms with van der Waals surface area (Å²) in [5.41, 5.74) is 7.35. The molecule has 0 spiro atoms. The highest BCUT2D eigenvalue weighted by Crippen LogP contribution is 2.26. The molecule has 0 aliphatic heterocycles. The quantitative estimate of drug-likeness (QED) is 0.586. The van der Waals surface area contributed by atoms with Gasteiger partial charge in [-0.15, -0.1) is 11.5 Å². The van der Waals surface area contributed by atoms with E-state index in [1.54, 1.807) is 4.68 Å². The number of nitrogens with zero attached hydrogens (tertiary/aromatic N) is 2. The van der Waals surface area contributed by atoms with E-state index in [9.17, 15) is 0 Å². The van der Waals surface area contributed by atoms with Crippen LogP contribution in [0.5, 0.6) is 5.88 Å². The highest BCUT2D eigenvalue weighted by atomic mass is 16.5. The van der Waals surface area contributed by atoms with Crippen LogP contribution in [0.1, 0.15) is 0 Å². The molecule has 0 bridgehead atoms. The fourth-order valence-corrected chi connectivity index (χ4v) is 1.47. The van der Waals surface area contributed by atoms with Crippen molar-refractivity contribution < 1.29 is 4.74 Å². The Labute approximate surface area is 87.6 Å². The first-order chi connectivity index (χ1) is 7.22. The van der Waals surface area contributed by atoms with Crippen LogP contribution in [-0.4, -0.2) is 16.4 Å². The van der Waals surface area contributed by atoms with Crippen LogP contribution in [0.2, 0.25) is 0 Å². The van der Waals surface area contributed by atoms with Crippen molar-refractivity contribution in [1.29, 1.82) is 0 Å². The van der Waals surface area contributed by atoms with E-state index in [4.69, 9.17) is 16.9 Å². The van der Waals surface area contributed by atoms with Crippen molar-refractivity contribution in [2.75, 3.05) is 12.3 Å². The van der Waals surface area contributed by atoms with Gasteiger partial charge in [0.25, 0.3) is 0 Å². The number of rotatable bonds is 2. The van der Waals surface area contributed by atoms with Gasteiger partial charge in [-0.25, -0.2) is 0 Å². The molecule has 76 valence electrons. The van der Waals surface area contributed by atoms with Gasteiger partial charge in [-0.1, -0.05) is 5.92 Å². The molecule has 0 atom stereocenters. The summed E-state index contributed by atoms with van der Waals surface area (Å²) in [6.45, 7) is 0.209. The second-order valence-corrected chi connectivity index (χ2v) is 3.20. The summed E-state index contributed by atoms with van der Waals surface area (Å²) in [5, 5.41) is 5.09. The van der Waals surface area contributed by atoms with Crippen molar-refractivity contribution >= 4 is 16.6 Å². The third kappa shape index (κ3) is 1.59. The van der Waals surface area contributed by atoms with Crippen LogP contribution in [-0.2, 0) is 7.05 Å². The van der Waals surface area contributed by atoms with E-state index in [0.717, 1.165) is 10.9 Å². The van der Waals surface area contributed by atoms with Crippen LogP contribution in [0.25, 0.3) is 10.9 Å². The monoisotopic (exact) mass is 201 g/mol. The second kappa shape index (κ2) is 3.54. The lowest BCUT2D eigenvalue weighted by molar-refractivity contribution is 0.354. The molecule has 1 aromatic heterocycles. The van der Waals surface area contributed by atoms with E-state index in [0.29, 0.717) is 11.6 Å². The lowest BCUT2D eigenvalue weighted by Gasteiger charge is -1.97. The van der Waals surface area contributed by atoms with E-state index in [1.807, 2.05) is 25.2 Å². The van der Waals surface area contributed by atoms with Gasteiger partial charge >= 0.3 is 0 Å². The number of aryl methyl sites for hydroxylation is 1. The molecule has 0 fully saturated rings. The number of ether oxygens (including phenoxy) is 1. The van der Waals surface area contributed by atoms with E-state index < -0.39 is 0 Å². The van der Waals surface area contributed by atoms with Gasteiger partial charge in [0.05, 0.1) is 10.9 Å². The lowest BCUT2D eigenvalue weighted by Crippen LogP contribution is -1.95. The molecule has 2 rings (SSSR count). The molecule has 2 aromatic rings. The highest BCUT2D eigenvalue weighted by molar-refractivity contribution is 5.87. The molecule has 15 heavy (non-hydrogen) atoms. The zero-order valence-corrected chi connectivity index (χ0v) is 8.40. The number of nitrogen functional groups attached to an aromatic ring is 1. The molecule has 0 saturated heterocycles. The molecule has 0 saturated carbocycles. The first-order valence-electron chi connectivity index (χ1n) is 4.51. The van der Waals surface area contributed by atoms with E-state index in [-0.39, 0.29) is 6.61 Å². The molecule has 0 amide bonds. The summed E-state index contributed by atoms with van der Waals surface area (Å²) in [6.07, 6.45) is 5.12. The minimum Gasteiger partial charge on any atom is -0.463 e. The van der Waals surface area contributed by atoms with Gasteiger partial charge in [-0.2, -0.15) is 0 Å². The fraction of sp³-hybridized carbons (Fsp3) is 0.182. The van der Waals surface area contributed by atoms with Gasteiger partial charge < -0.3 is 10.5 Å². The van der Waals surface area contributed by atoms with Crippen molar-refractivity contribution in [3.05, 3.63) is 18.2 Å². The third-order valence-corrected chi connectivity index (χ3v) is 2.13. The molecular weight excluding hydrogens is 190 g/mol. The summed E-state index contributed by atoms with van der Waals surface area (Å²) in [7, 11) is 1.85. The normalized spacial score (nSPS) is 10.1. The number of hydrogen-bond acceptors (Lipinski definition) is 3. The number of hydrogen-bond donors (Lipinski definition) is 1. The number of benzene rings is 1. The minimum absolute atomic E-state index is 0.209. The van der Waals surface area contributed by atoms with Crippen molar-refractivity contribution in [3.63, 3.8) is 0 Å². The standard InChI is InChI=1S/C11H11N3O/c1-3-6-15-11-9-7-8(12)4-5-10(9)14(2)13-11/h1,4-5,7H,6,12H2,2H3. The second-order valence-electron chi connectivity index (χ2n) is 3.20. The highest BCUT2D eigenvalue weighted by Gasteiger charge is 2.09.